The molecule has 2 aromatic carbocycles. The number of nitrogens with one attached hydrogen (secondary N) is 2. The molecule has 0 aliphatic carbocycles. The number of ether oxygens (including phenoxy) is 1. The van der Waals surface area contributed by atoms with E-state index in [1.54, 1.807) is 30.3 Å². The van der Waals surface area contributed by atoms with Gasteiger partial charge in [0.25, 0.3) is 5.91 Å². The maximum absolute atomic E-state index is 12.7. The molecular formula is C23H27BrN2O5. The summed E-state index contributed by atoms with van der Waals surface area (Å²) in [4.78, 5) is 23.8. The standard InChI is InChI=1S/C23H27BrN2O5/c1-15-7-10-17(11-8-15)25-22(29)31-21(18-14-16(24)9-12-19(18)27)23(2,3)13-5-4-6-20(28)26-30/h4,6-12,14,21,27,30H,5,13H2,1-3H3,(H,25,29)(H,26,28)/b6-4+/t21-/m0/s1. The van der Waals surface area contributed by atoms with Gasteiger partial charge in [-0.1, -0.05) is 53.5 Å². The summed E-state index contributed by atoms with van der Waals surface area (Å²) in [5.41, 5.74) is 3.08. The number of hydroxylamine groups is 1. The quantitative estimate of drug-likeness (QED) is 0.218. The van der Waals surface area contributed by atoms with Crippen molar-refractivity contribution < 1.29 is 24.6 Å². The third kappa shape index (κ3) is 7.41. The fourth-order valence-electron chi connectivity index (χ4n) is 3.08. The summed E-state index contributed by atoms with van der Waals surface area (Å²) in [6.07, 6.45) is 2.47. The van der Waals surface area contributed by atoms with Crippen molar-refractivity contribution in [2.75, 3.05) is 5.32 Å². The third-order valence-electron chi connectivity index (χ3n) is 4.84. The van der Waals surface area contributed by atoms with Crippen molar-refractivity contribution in [2.24, 2.45) is 5.41 Å². The van der Waals surface area contributed by atoms with E-state index in [1.807, 2.05) is 32.9 Å². The number of hydrogen-bond donors (Lipinski definition) is 4. The molecule has 0 saturated carbocycles. The first kappa shape index (κ1) is 24.4. The second-order valence-electron chi connectivity index (χ2n) is 7.89. The van der Waals surface area contributed by atoms with Crippen molar-refractivity contribution in [1.82, 2.24) is 5.48 Å². The summed E-state index contributed by atoms with van der Waals surface area (Å²) >= 11 is 3.40. The Bertz CT molecular complexity index is 941. The molecule has 0 heterocycles. The van der Waals surface area contributed by atoms with E-state index in [4.69, 9.17) is 9.94 Å². The minimum atomic E-state index is -0.768. The minimum absolute atomic E-state index is 0.0135. The van der Waals surface area contributed by atoms with Crippen LogP contribution in [0, 0.1) is 12.3 Å². The average Bonchev–Trinajstić information content (AvgIpc) is 2.72. The molecule has 0 fully saturated rings. The molecule has 0 aliphatic heterocycles. The highest BCUT2D eigenvalue weighted by Gasteiger charge is 2.35. The number of aromatic hydroxyl groups is 1. The molecule has 2 rings (SSSR count). The van der Waals surface area contributed by atoms with Gasteiger partial charge in [-0.05, 0) is 50.1 Å². The molecule has 0 unspecified atom stereocenters. The maximum Gasteiger partial charge on any atom is 0.412 e. The number of allylic oxidation sites excluding steroid dienone is 1. The van der Waals surface area contributed by atoms with Gasteiger partial charge < -0.3 is 9.84 Å². The summed E-state index contributed by atoms with van der Waals surface area (Å²) in [6, 6.07) is 12.3. The van der Waals surface area contributed by atoms with Crippen LogP contribution in [0.3, 0.4) is 0 Å². The Labute approximate surface area is 190 Å². The lowest BCUT2D eigenvalue weighted by molar-refractivity contribution is -0.124. The van der Waals surface area contributed by atoms with Crippen LogP contribution < -0.4 is 10.8 Å². The lowest BCUT2D eigenvalue weighted by Gasteiger charge is -2.34. The van der Waals surface area contributed by atoms with E-state index in [2.05, 4.69) is 21.2 Å². The number of phenolic OH excluding ortho intramolecular Hbond substituents is 1. The Balaban J connectivity index is 2.24. The molecule has 8 heteroatoms. The number of anilines is 1. The number of rotatable bonds is 8. The van der Waals surface area contributed by atoms with Gasteiger partial charge in [0.05, 0.1) is 0 Å². The van der Waals surface area contributed by atoms with Crippen LogP contribution in [0.5, 0.6) is 5.75 Å². The molecule has 166 valence electrons. The van der Waals surface area contributed by atoms with Crippen molar-refractivity contribution in [3.8, 4) is 5.75 Å². The largest absolute Gasteiger partial charge is 0.508 e. The molecule has 0 bridgehead atoms. The van der Waals surface area contributed by atoms with Crippen LogP contribution in [-0.2, 0) is 9.53 Å². The van der Waals surface area contributed by atoms with Crippen LogP contribution in [0.1, 0.15) is 43.9 Å². The number of amides is 2. The molecule has 0 spiro atoms. The van der Waals surface area contributed by atoms with E-state index in [1.165, 1.54) is 17.6 Å². The third-order valence-corrected chi connectivity index (χ3v) is 5.33. The number of benzene rings is 2. The van der Waals surface area contributed by atoms with Crippen molar-refractivity contribution in [3.05, 3.63) is 70.2 Å². The highest BCUT2D eigenvalue weighted by Crippen LogP contribution is 2.44. The van der Waals surface area contributed by atoms with E-state index < -0.39 is 23.5 Å². The van der Waals surface area contributed by atoms with Crippen LogP contribution in [-0.4, -0.2) is 22.3 Å². The van der Waals surface area contributed by atoms with Crippen molar-refractivity contribution in [1.29, 1.82) is 0 Å². The predicted molar refractivity (Wildman–Crippen MR) is 122 cm³/mol. The number of carbonyl (C=O) groups excluding carboxylic acids is 2. The molecule has 0 radical (unpaired) electrons. The Morgan fingerprint density at radius 3 is 2.52 bits per heavy atom. The van der Waals surface area contributed by atoms with Crippen LogP contribution >= 0.6 is 15.9 Å². The van der Waals surface area contributed by atoms with E-state index in [-0.39, 0.29) is 5.75 Å². The molecule has 4 N–H and O–H groups in total. The van der Waals surface area contributed by atoms with E-state index in [0.717, 1.165) is 10.0 Å². The average molecular weight is 491 g/mol. The van der Waals surface area contributed by atoms with Crippen LogP contribution in [0.25, 0.3) is 0 Å². The Kier molecular flexibility index (Phi) is 8.65. The fraction of sp³-hybridized carbons (Fsp3) is 0.304. The van der Waals surface area contributed by atoms with Crippen molar-refractivity contribution in [2.45, 2.75) is 39.7 Å². The highest BCUT2D eigenvalue weighted by atomic mass is 79.9. The molecule has 1 atom stereocenters. The SMILES string of the molecule is Cc1ccc(NC(=O)O[C@@H](c2cc(Br)ccc2O)C(C)(C)CC/C=C/C(=O)NO)cc1. The second kappa shape index (κ2) is 11.0. The zero-order chi connectivity index (χ0) is 23.0. The Morgan fingerprint density at radius 2 is 1.87 bits per heavy atom. The molecule has 7 nitrogen and oxygen atoms in total. The zero-order valence-electron chi connectivity index (χ0n) is 17.7. The zero-order valence-corrected chi connectivity index (χ0v) is 19.3. The second-order valence-corrected chi connectivity index (χ2v) is 8.80. The van der Waals surface area contributed by atoms with Crippen LogP contribution in [0.15, 0.2) is 59.1 Å². The predicted octanol–water partition coefficient (Wildman–Crippen LogP) is 5.62. The molecule has 2 aromatic rings. The van der Waals surface area contributed by atoms with E-state index in [0.29, 0.717) is 24.1 Å². The van der Waals surface area contributed by atoms with Crippen LogP contribution in [0.4, 0.5) is 10.5 Å². The minimum Gasteiger partial charge on any atom is -0.508 e. The molecular weight excluding hydrogens is 464 g/mol. The Morgan fingerprint density at radius 1 is 1.19 bits per heavy atom. The molecule has 2 amide bonds. The van der Waals surface area contributed by atoms with Gasteiger partial charge in [-0.3, -0.25) is 15.3 Å². The highest BCUT2D eigenvalue weighted by molar-refractivity contribution is 9.10. The summed E-state index contributed by atoms with van der Waals surface area (Å²) in [5, 5.41) is 21.7. The summed E-state index contributed by atoms with van der Waals surface area (Å²) in [7, 11) is 0. The maximum atomic E-state index is 12.7. The van der Waals surface area contributed by atoms with Gasteiger partial charge in [0.2, 0.25) is 0 Å². The smallest absolute Gasteiger partial charge is 0.412 e. The van der Waals surface area contributed by atoms with Gasteiger partial charge in [-0.2, -0.15) is 0 Å². The number of halogens is 1. The van der Waals surface area contributed by atoms with Gasteiger partial charge in [-0.15, -0.1) is 0 Å². The molecule has 0 aliphatic rings. The number of aryl methyl sites for hydroxylation is 1. The van der Waals surface area contributed by atoms with Gasteiger partial charge in [0.15, 0.2) is 0 Å². The van der Waals surface area contributed by atoms with Gasteiger partial charge >= 0.3 is 6.09 Å². The molecule has 0 aromatic heterocycles. The van der Waals surface area contributed by atoms with E-state index in [9.17, 15) is 14.7 Å². The van der Waals surface area contributed by atoms with Gasteiger partial charge in [0, 0.05) is 27.2 Å². The van der Waals surface area contributed by atoms with Gasteiger partial charge in [-0.25, -0.2) is 10.3 Å². The number of hydrogen-bond acceptors (Lipinski definition) is 5. The van der Waals surface area contributed by atoms with E-state index >= 15 is 0 Å². The first-order valence-corrected chi connectivity index (χ1v) is 10.5. The summed E-state index contributed by atoms with van der Waals surface area (Å²) in [5.74, 6) is -0.604. The Hall–Kier alpha value is -2.84. The van der Waals surface area contributed by atoms with Crippen molar-refractivity contribution in [3.63, 3.8) is 0 Å². The topological polar surface area (TPSA) is 108 Å². The monoisotopic (exact) mass is 490 g/mol. The number of phenols is 1. The first-order chi connectivity index (χ1) is 14.6. The lowest BCUT2D eigenvalue weighted by atomic mass is 9.78. The summed E-state index contributed by atoms with van der Waals surface area (Å²) < 4.78 is 6.54. The lowest BCUT2D eigenvalue weighted by Crippen LogP contribution is -2.29. The molecule has 31 heavy (non-hydrogen) atoms. The molecule has 0 saturated heterocycles. The normalized spacial score (nSPS) is 12.4. The first-order valence-electron chi connectivity index (χ1n) is 9.75. The number of carbonyl (C=O) groups is 2. The van der Waals surface area contributed by atoms with Gasteiger partial charge in [0.1, 0.15) is 11.9 Å². The summed E-state index contributed by atoms with van der Waals surface area (Å²) in [6.45, 7) is 5.78. The van der Waals surface area contributed by atoms with Crippen molar-refractivity contribution >= 4 is 33.6 Å². The van der Waals surface area contributed by atoms with Crippen LogP contribution in [0.2, 0.25) is 0 Å². The fourth-order valence-corrected chi connectivity index (χ4v) is 3.46.